The Hall–Kier alpha value is -4.76. The number of aliphatic imine (C=N–C) groups is 1. The smallest absolute Gasteiger partial charge is 0.568 e. The zero-order chi connectivity index (χ0) is 71.1. The third kappa shape index (κ3) is 20.0. The average molecular weight is 1380 g/mol. The van der Waals surface area contributed by atoms with Crippen LogP contribution in [-0.2, 0) is 63.9 Å². The number of hydrogen-bond acceptors (Lipinski definition) is 9. The van der Waals surface area contributed by atoms with E-state index >= 15 is 9.59 Å². The van der Waals surface area contributed by atoms with E-state index in [1.54, 1.807) is 24.3 Å². The monoisotopic (exact) mass is 1370 g/mol. The van der Waals surface area contributed by atoms with Gasteiger partial charge in [-0.3, -0.25) is 18.6 Å². The van der Waals surface area contributed by atoms with E-state index in [1.165, 1.54) is 6.92 Å². The molecule has 5 atom stereocenters. The fraction of sp³-hybridized carbons (Fsp3) is 0.727. The first-order chi connectivity index (χ1) is 42.8. The van der Waals surface area contributed by atoms with Crippen LogP contribution in [0.1, 0.15) is 292 Å². The molecular formula is C77H124N6O9SZn. The molecule has 0 radical (unpaired) electrons. The summed E-state index contributed by atoms with van der Waals surface area (Å²) in [7, 11) is -1.69. The standard InChI is InChI=1S/C63H106N4O6.C14H20N2O3S.Zn/c1-25-62(26-2,27-3)56(70)66-52-48(54(68)72-50-40(58(13,14)15)31-38(11)32-41(50)59(16,17)18)46(36(7)8)44(64-52)35-45-47(37(9)10)49(53(65-45)67-57(71)63(28-4,29-5)30-6)55(69)73-51-42(60(19,20)21)33-39(12)34-43(51)61(22,23)24;1-5-14(3,4)13(18)15-11-6-8-12(9-7-11)20(19)16-10(2)17;/h35-43,50-51H,25-34H2,1-24H3,(H3,64,65,66,67,68,69,70,71);6-9H,5H2,1-4H3,(H2,15,16,17,18);/q;;+2/p-2. The van der Waals surface area contributed by atoms with Crippen molar-refractivity contribution in [1.82, 2.24) is 4.98 Å². The Morgan fingerprint density at radius 3 is 1.39 bits per heavy atom. The number of nitrogens with one attached hydrogen (secondary N) is 3. The van der Waals surface area contributed by atoms with Gasteiger partial charge in [0.15, 0.2) is 5.91 Å². The van der Waals surface area contributed by atoms with Crippen LogP contribution in [0.15, 0.2) is 51.0 Å². The van der Waals surface area contributed by atoms with E-state index in [0.29, 0.717) is 89.0 Å². The molecule has 3 aliphatic rings. The number of ether oxygens (including phenoxy) is 2. The molecular weight excluding hydrogens is 1250 g/mol. The van der Waals surface area contributed by atoms with Crippen molar-refractivity contribution in [2.45, 2.75) is 288 Å². The quantitative estimate of drug-likeness (QED) is 0.0798. The molecule has 3 N–H and O–H groups in total. The molecule has 2 saturated carbocycles. The third-order valence-electron chi connectivity index (χ3n) is 21.5. The number of benzene rings is 1. The van der Waals surface area contributed by atoms with E-state index in [0.717, 1.165) is 32.1 Å². The van der Waals surface area contributed by atoms with Crippen molar-refractivity contribution in [3.63, 3.8) is 0 Å². The fourth-order valence-corrected chi connectivity index (χ4v) is 15.1. The van der Waals surface area contributed by atoms with Crippen LogP contribution in [0.5, 0.6) is 0 Å². The number of aromatic nitrogens is 1. The Bertz CT molecular complexity index is 3010. The summed E-state index contributed by atoms with van der Waals surface area (Å²) in [5.41, 5.74) is 1.07. The van der Waals surface area contributed by atoms with E-state index in [-0.39, 0.29) is 124 Å². The molecule has 2 aliphatic carbocycles. The first-order valence-electron chi connectivity index (χ1n) is 35.1. The number of amides is 4. The van der Waals surface area contributed by atoms with E-state index < -0.39 is 45.1 Å². The molecule has 1 aromatic heterocycles. The van der Waals surface area contributed by atoms with Crippen LogP contribution in [0.25, 0.3) is 16.1 Å². The second kappa shape index (κ2) is 33.2. The van der Waals surface area contributed by atoms with Crippen molar-refractivity contribution in [3.05, 3.63) is 68.0 Å². The number of hydrogen-bond donors (Lipinski definition) is 3. The molecule has 2 heterocycles. The second-order valence-electron chi connectivity index (χ2n) is 33.2. The minimum Gasteiger partial charge on any atom is -0.568 e. The Labute approximate surface area is 583 Å². The van der Waals surface area contributed by atoms with Gasteiger partial charge in [-0.05, 0) is 187 Å². The van der Waals surface area contributed by atoms with Crippen molar-refractivity contribution >= 4 is 70.0 Å². The summed E-state index contributed by atoms with van der Waals surface area (Å²) in [4.78, 5) is 91.7. The minimum atomic E-state index is -1.69. The van der Waals surface area contributed by atoms with Gasteiger partial charge in [0.2, 0.25) is 11.8 Å². The van der Waals surface area contributed by atoms with Gasteiger partial charge in [0.25, 0.3) is 0 Å². The number of H-pyrrole nitrogens is 1. The number of amidine groups is 1. The third-order valence-corrected chi connectivity index (χ3v) is 22.6. The molecule has 2 fully saturated rings. The van der Waals surface area contributed by atoms with Gasteiger partial charge in [-0.25, -0.2) is 9.59 Å². The fourth-order valence-electron chi connectivity index (χ4n) is 14.4. The van der Waals surface area contributed by atoms with Crippen LogP contribution in [0.2, 0.25) is 0 Å². The van der Waals surface area contributed by atoms with Crippen molar-refractivity contribution in [1.29, 1.82) is 0 Å². The molecule has 5 rings (SSSR count). The molecule has 17 heteroatoms. The van der Waals surface area contributed by atoms with Crippen LogP contribution in [0, 0.1) is 79.3 Å². The predicted octanol–water partition coefficient (Wildman–Crippen LogP) is 20.1. The van der Waals surface area contributed by atoms with Crippen molar-refractivity contribution < 1.29 is 61.9 Å². The summed E-state index contributed by atoms with van der Waals surface area (Å²) in [5, 5.41) is 11.2. The van der Waals surface area contributed by atoms with E-state index in [4.69, 9.17) is 19.8 Å². The first-order valence-corrected chi connectivity index (χ1v) is 36.3. The second-order valence-corrected chi connectivity index (χ2v) is 34.3. The molecule has 1 aromatic carbocycles. The number of allylic oxidation sites excluding steroid dienone is 1. The molecule has 0 bridgehead atoms. The number of rotatable bonds is 21. The normalized spacial score (nSPS) is 22.8. The summed E-state index contributed by atoms with van der Waals surface area (Å²) in [5.74, 6) is -0.803. The Morgan fingerprint density at radius 1 is 0.617 bits per heavy atom. The maximum absolute atomic E-state index is 15.5. The van der Waals surface area contributed by atoms with E-state index in [1.807, 2.05) is 96.1 Å². The minimum absolute atomic E-state index is 0. The Balaban J connectivity index is 0.000000933. The SMILES string of the molecule is CCC(C)(C)C(=O)Nc1ccc(S(=O)[N-]C(C)=O)cc1.CCC(CC)(CC)C(=O)N=C1[N-]/C(=C\c2[nH]c(NC(=O)C(CC)(CC)CC)c(C(=O)OC3C(C(C)(C)C)CC(C)CC3C(C)(C)C)c2C(C)C)C(C(C)C)=C1C(=O)OC1C(C(C)(C)C)CC(C)CC1C(C)(C)C.[Zn+2]. The van der Waals surface area contributed by atoms with E-state index in [9.17, 15) is 23.4 Å². The van der Waals surface area contributed by atoms with Crippen molar-refractivity contribution in [2.24, 2.45) is 84.3 Å². The average Bonchev–Trinajstić information content (AvgIpc) is 1.47. The van der Waals surface area contributed by atoms with Crippen LogP contribution in [0.4, 0.5) is 11.5 Å². The largest absolute Gasteiger partial charge is 2.00 e. The summed E-state index contributed by atoms with van der Waals surface area (Å²) in [6.45, 7) is 58.8. The van der Waals surface area contributed by atoms with Crippen LogP contribution in [0.3, 0.4) is 0 Å². The van der Waals surface area contributed by atoms with Gasteiger partial charge in [0.1, 0.15) is 23.6 Å². The topological polar surface area (TPSA) is 218 Å². The number of carbonyl (C=O) groups is 6. The van der Waals surface area contributed by atoms with Gasteiger partial charge in [-0.15, -0.1) is 0 Å². The Morgan fingerprint density at radius 2 is 1.03 bits per heavy atom. The zero-order valence-corrected chi connectivity index (χ0v) is 67.4. The van der Waals surface area contributed by atoms with Crippen LogP contribution in [-0.4, -0.2) is 62.8 Å². The van der Waals surface area contributed by atoms with Crippen LogP contribution < -0.4 is 10.6 Å². The van der Waals surface area contributed by atoms with Gasteiger partial charge in [-0.2, -0.15) is 0 Å². The molecule has 94 heavy (non-hydrogen) atoms. The van der Waals surface area contributed by atoms with Gasteiger partial charge in [0, 0.05) is 56.2 Å². The number of aromatic amines is 1. The van der Waals surface area contributed by atoms with Crippen molar-refractivity contribution in [2.75, 3.05) is 10.6 Å². The molecule has 0 spiro atoms. The summed E-state index contributed by atoms with van der Waals surface area (Å²) < 4.78 is 29.0. The molecule has 524 valence electrons. The van der Waals surface area contributed by atoms with Gasteiger partial charge < -0.3 is 44.9 Å². The molecule has 5 unspecified atom stereocenters. The van der Waals surface area contributed by atoms with Gasteiger partial charge in [-0.1, -0.05) is 187 Å². The molecule has 2 aromatic rings. The number of carbonyl (C=O) groups excluding carboxylic acids is 6. The summed E-state index contributed by atoms with van der Waals surface area (Å²) in [6, 6.07) is 6.45. The number of anilines is 2. The molecule has 0 saturated heterocycles. The van der Waals surface area contributed by atoms with Crippen molar-refractivity contribution in [3.8, 4) is 0 Å². The molecule has 15 nitrogen and oxygen atoms in total. The van der Waals surface area contributed by atoms with Crippen LogP contribution >= 0.6 is 0 Å². The zero-order valence-electron chi connectivity index (χ0n) is 63.6. The maximum atomic E-state index is 15.5. The number of esters is 2. The van der Waals surface area contributed by atoms with Gasteiger partial charge >= 0.3 is 31.4 Å². The summed E-state index contributed by atoms with van der Waals surface area (Å²) in [6.07, 6.45) is 9.29. The summed E-state index contributed by atoms with van der Waals surface area (Å²) >= 11 is 0. The number of nitrogens with zero attached hydrogens (tertiary/aromatic N) is 3. The maximum Gasteiger partial charge on any atom is 2.00 e. The molecule has 4 amide bonds. The van der Waals surface area contributed by atoms with Gasteiger partial charge in [0.05, 0.1) is 11.5 Å². The molecule has 1 aliphatic heterocycles. The predicted molar refractivity (Wildman–Crippen MR) is 383 cm³/mol. The Kier molecular flexibility index (Phi) is 29.5. The first kappa shape index (κ1) is 83.5. The van der Waals surface area contributed by atoms with E-state index in [2.05, 4.69) is 117 Å².